The summed E-state index contributed by atoms with van der Waals surface area (Å²) in [6.45, 7) is 0. The van der Waals surface area contributed by atoms with Crippen LogP contribution in [0, 0.1) is 0 Å². The first-order valence-electron chi connectivity index (χ1n) is 7.48. The molecule has 0 atom stereocenters. The quantitative estimate of drug-likeness (QED) is 0.561. The monoisotopic (exact) mass is 378 g/mol. The van der Waals surface area contributed by atoms with E-state index in [-0.39, 0.29) is 5.91 Å². The van der Waals surface area contributed by atoms with E-state index >= 15 is 0 Å². The molecular formula is C18H19ClN2O3S. The van der Waals surface area contributed by atoms with Crippen LogP contribution in [-0.2, 0) is 10.5 Å². The summed E-state index contributed by atoms with van der Waals surface area (Å²) in [4.78, 5) is 11.8. The van der Waals surface area contributed by atoms with E-state index < -0.39 is 0 Å². The van der Waals surface area contributed by atoms with Gasteiger partial charge in [0.25, 0.3) is 0 Å². The van der Waals surface area contributed by atoms with Gasteiger partial charge in [0.15, 0.2) is 0 Å². The topological polar surface area (TPSA) is 59.9 Å². The van der Waals surface area contributed by atoms with Gasteiger partial charge in [0.2, 0.25) is 5.91 Å². The first-order chi connectivity index (χ1) is 12.1. The average molecular weight is 379 g/mol. The van der Waals surface area contributed by atoms with Crippen LogP contribution < -0.4 is 14.9 Å². The Balaban J connectivity index is 1.82. The number of carbonyl (C=O) groups is 1. The van der Waals surface area contributed by atoms with Gasteiger partial charge in [-0.1, -0.05) is 23.7 Å². The molecule has 0 saturated carbocycles. The van der Waals surface area contributed by atoms with Crippen molar-refractivity contribution >= 4 is 35.5 Å². The summed E-state index contributed by atoms with van der Waals surface area (Å²) in [5.74, 6) is 2.17. The van der Waals surface area contributed by atoms with E-state index in [0.717, 1.165) is 5.56 Å². The highest BCUT2D eigenvalue weighted by molar-refractivity contribution is 7.99. The number of hydrazone groups is 1. The molecule has 0 aliphatic heterocycles. The van der Waals surface area contributed by atoms with Crippen molar-refractivity contribution < 1.29 is 14.3 Å². The molecule has 25 heavy (non-hydrogen) atoms. The molecule has 1 amide bonds. The molecule has 0 unspecified atom stereocenters. The first kappa shape index (κ1) is 19.1. The Morgan fingerprint density at radius 1 is 1.24 bits per heavy atom. The van der Waals surface area contributed by atoms with Crippen LogP contribution in [0.2, 0.25) is 5.02 Å². The predicted octanol–water partition coefficient (Wildman–Crippen LogP) is 3.74. The van der Waals surface area contributed by atoms with Crippen molar-refractivity contribution in [1.82, 2.24) is 5.43 Å². The number of carbonyl (C=O) groups excluding carboxylic acids is 1. The van der Waals surface area contributed by atoms with Gasteiger partial charge in [-0.05, 0) is 35.9 Å². The Labute approximate surface area is 156 Å². The van der Waals surface area contributed by atoms with Crippen molar-refractivity contribution in [3.63, 3.8) is 0 Å². The van der Waals surface area contributed by atoms with Crippen molar-refractivity contribution in [2.75, 3.05) is 20.0 Å². The summed E-state index contributed by atoms with van der Waals surface area (Å²) in [7, 11) is 3.16. The Bertz CT molecular complexity index is 753. The van der Waals surface area contributed by atoms with Gasteiger partial charge in [0.05, 0.1) is 26.2 Å². The third kappa shape index (κ3) is 6.32. The highest BCUT2D eigenvalue weighted by Crippen LogP contribution is 2.22. The maximum absolute atomic E-state index is 11.8. The van der Waals surface area contributed by atoms with E-state index in [4.69, 9.17) is 21.1 Å². The molecule has 0 spiro atoms. The van der Waals surface area contributed by atoms with E-state index in [0.29, 0.717) is 33.6 Å². The molecule has 7 heteroatoms. The molecule has 0 aliphatic carbocycles. The van der Waals surface area contributed by atoms with E-state index in [1.807, 2.05) is 24.3 Å². The third-order valence-corrected chi connectivity index (χ3v) is 4.46. The second-order valence-electron chi connectivity index (χ2n) is 5.02. The zero-order chi connectivity index (χ0) is 18.1. The Morgan fingerprint density at radius 3 is 2.80 bits per heavy atom. The Kier molecular flexibility index (Phi) is 7.63. The smallest absolute Gasteiger partial charge is 0.250 e. The van der Waals surface area contributed by atoms with Crippen LogP contribution in [0.3, 0.4) is 0 Å². The average Bonchev–Trinajstić information content (AvgIpc) is 2.61. The normalized spacial score (nSPS) is 10.7. The minimum absolute atomic E-state index is 0.176. The molecule has 0 aromatic heterocycles. The maximum Gasteiger partial charge on any atom is 0.250 e. The van der Waals surface area contributed by atoms with Gasteiger partial charge in [0.1, 0.15) is 11.5 Å². The van der Waals surface area contributed by atoms with Crippen LogP contribution in [0.25, 0.3) is 0 Å². The largest absolute Gasteiger partial charge is 0.497 e. The summed E-state index contributed by atoms with van der Waals surface area (Å²) >= 11 is 7.43. The number of rotatable bonds is 8. The van der Waals surface area contributed by atoms with Gasteiger partial charge in [0, 0.05) is 16.3 Å². The summed E-state index contributed by atoms with van der Waals surface area (Å²) in [5, 5.41) is 4.66. The molecule has 1 N–H and O–H groups in total. The molecule has 132 valence electrons. The molecule has 0 heterocycles. The van der Waals surface area contributed by atoms with Crippen LogP contribution in [0.1, 0.15) is 11.1 Å². The SMILES string of the molecule is COc1ccc(OC)c(/C=N\NC(=O)CSCc2cccc(Cl)c2)c1. The fraction of sp³-hybridized carbons (Fsp3) is 0.222. The zero-order valence-corrected chi connectivity index (χ0v) is 15.6. The molecule has 2 aromatic carbocycles. The van der Waals surface area contributed by atoms with Crippen molar-refractivity contribution in [3.8, 4) is 11.5 Å². The molecule has 2 aromatic rings. The number of hydrogen-bond donors (Lipinski definition) is 1. The van der Waals surface area contributed by atoms with E-state index in [2.05, 4.69) is 10.5 Å². The molecule has 2 rings (SSSR count). The van der Waals surface area contributed by atoms with Gasteiger partial charge < -0.3 is 9.47 Å². The second kappa shape index (κ2) is 9.96. The van der Waals surface area contributed by atoms with Gasteiger partial charge in [-0.25, -0.2) is 5.43 Å². The molecule has 5 nitrogen and oxygen atoms in total. The number of benzene rings is 2. The maximum atomic E-state index is 11.8. The van der Waals surface area contributed by atoms with Crippen LogP contribution in [0.4, 0.5) is 0 Å². The number of amides is 1. The molecule has 0 saturated heterocycles. The lowest BCUT2D eigenvalue weighted by Crippen LogP contribution is -2.19. The standard InChI is InChI=1S/C18H19ClN2O3S/c1-23-16-6-7-17(24-2)14(9-16)10-20-21-18(22)12-25-11-13-4-3-5-15(19)8-13/h3-10H,11-12H2,1-2H3,(H,21,22)/b20-10-. The van der Waals surface area contributed by atoms with Crippen LogP contribution >= 0.6 is 23.4 Å². The second-order valence-corrected chi connectivity index (χ2v) is 6.45. The molecule has 0 radical (unpaired) electrons. The van der Waals surface area contributed by atoms with Gasteiger partial charge in [-0.3, -0.25) is 4.79 Å². The lowest BCUT2D eigenvalue weighted by atomic mass is 10.2. The van der Waals surface area contributed by atoms with Crippen molar-refractivity contribution in [2.24, 2.45) is 5.10 Å². The van der Waals surface area contributed by atoms with Gasteiger partial charge >= 0.3 is 0 Å². The van der Waals surface area contributed by atoms with Gasteiger partial charge in [-0.2, -0.15) is 5.10 Å². The van der Waals surface area contributed by atoms with E-state index in [1.54, 1.807) is 32.4 Å². The molecule has 0 aliphatic rings. The summed E-state index contributed by atoms with van der Waals surface area (Å²) in [5.41, 5.74) is 4.30. The minimum atomic E-state index is -0.176. The molecule has 0 fully saturated rings. The summed E-state index contributed by atoms with van der Waals surface area (Å²) in [6, 6.07) is 12.9. The highest BCUT2D eigenvalue weighted by Gasteiger charge is 2.04. The number of thioether (sulfide) groups is 1. The van der Waals surface area contributed by atoms with E-state index in [1.165, 1.54) is 18.0 Å². The Morgan fingerprint density at radius 2 is 2.08 bits per heavy atom. The molecule has 0 bridgehead atoms. The molecular weight excluding hydrogens is 360 g/mol. The van der Waals surface area contributed by atoms with Gasteiger partial charge in [-0.15, -0.1) is 11.8 Å². The number of nitrogens with zero attached hydrogens (tertiary/aromatic N) is 1. The van der Waals surface area contributed by atoms with Crippen LogP contribution in [0.15, 0.2) is 47.6 Å². The van der Waals surface area contributed by atoms with Crippen LogP contribution in [0.5, 0.6) is 11.5 Å². The predicted molar refractivity (Wildman–Crippen MR) is 103 cm³/mol. The van der Waals surface area contributed by atoms with Crippen molar-refractivity contribution in [1.29, 1.82) is 0 Å². The lowest BCUT2D eigenvalue weighted by Gasteiger charge is -2.06. The summed E-state index contributed by atoms with van der Waals surface area (Å²) in [6.07, 6.45) is 1.53. The van der Waals surface area contributed by atoms with E-state index in [9.17, 15) is 4.79 Å². The first-order valence-corrected chi connectivity index (χ1v) is 9.01. The number of ether oxygens (including phenoxy) is 2. The third-order valence-electron chi connectivity index (χ3n) is 3.22. The highest BCUT2D eigenvalue weighted by atomic mass is 35.5. The number of halogens is 1. The minimum Gasteiger partial charge on any atom is -0.497 e. The number of methoxy groups -OCH3 is 2. The fourth-order valence-corrected chi connectivity index (χ4v) is 3.01. The lowest BCUT2D eigenvalue weighted by molar-refractivity contribution is -0.118. The van der Waals surface area contributed by atoms with Crippen molar-refractivity contribution in [2.45, 2.75) is 5.75 Å². The fourth-order valence-electron chi connectivity index (χ4n) is 2.03. The Hall–Kier alpha value is -2.18. The van der Waals surface area contributed by atoms with Crippen LogP contribution in [-0.4, -0.2) is 32.1 Å². The van der Waals surface area contributed by atoms with Crippen molar-refractivity contribution in [3.05, 3.63) is 58.6 Å². The number of hydrogen-bond acceptors (Lipinski definition) is 5. The summed E-state index contributed by atoms with van der Waals surface area (Å²) < 4.78 is 10.4. The number of nitrogens with one attached hydrogen (secondary N) is 1. The zero-order valence-electron chi connectivity index (χ0n) is 14.0.